The number of fused-ring (bicyclic) bond motifs is 1. The van der Waals surface area contributed by atoms with Gasteiger partial charge in [0.05, 0.1) is 5.39 Å². The van der Waals surface area contributed by atoms with Crippen molar-refractivity contribution in [1.29, 1.82) is 0 Å². The minimum atomic E-state index is -0.384. The molecule has 2 heterocycles. The standard InChI is InChI=1S/C28H27FN4O4/c1-6-23(34)30-18-8-9-22(31-26-15(3)10-17(29)11-16(26)4)19(12-18)21-14-33(5)28(36)20-13-25(37-27(20)21)32-24(35)7-2/h6,8-14,31H,1,7H2,2-5H3,(H,30,34)(H,32,35). The number of carbonyl (C=O) groups excluding carboxylic acids is 2. The Balaban J connectivity index is 1.95. The Labute approximate surface area is 212 Å². The highest BCUT2D eigenvalue weighted by Gasteiger charge is 2.20. The minimum Gasteiger partial charge on any atom is -0.439 e. The highest BCUT2D eigenvalue weighted by atomic mass is 19.1. The van der Waals surface area contributed by atoms with Gasteiger partial charge in [0.1, 0.15) is 5.82 Å². The molecule has 0 radical (unpaired) electrons. The van der Waals surface area contributed by atoms with Gasteiger partial charge in [-0.25, -0.2) is 4.39 Å². The molecule has 0 aliphatic carbocycles. The Bertz CT molecular complexity index is 1590. The average Bonchev–Trinajstić information content (AvgIpc) is 3.28. The Kier molecular flexibility index (Phi) is 6.97. The predicted molar refractivity (Wildman–Crippen MR) is 144 cm³/mol. The van der Waals surface area contributed by atoms with E-state index in [1.165, 1.54) is 22.8 Å². The summed E-state index contributed by atoms with van der Waals surface area (Å²) in [5.41, 5.74) is 4.39. The van der Waals surface area contributed by atoms with Gasteiger partial charge in [0, 0.05) is 53.9 Å². The minimum absolute atomic E-state index is 0.155. The molecule has 0 aliphatic rings. The van der Waals surface area contributed by atoms with E-state index in [2.05, 4.69) is 22.5 Å². The van der Waals surface area contributed by atoms with Crippen molar-refractivity contribution in [1.82, 2.24) is 4.57 Å². The third-order valence-corrected chi connectivity index (χ3v) is 5.95. The number of aromatic nitrogens is 1. The largest absolute Gasteiger partial charge is 0.439 e. The summed E-state index contributed by atoms with van der Waals surface area (Å²) in [6.07, 6.45) is 3.04. The van der Waals surface area contributed by atoms with Crippen LogP contribution in [0, 0.1) is 19.7 Å². The second-order valence-corrected chi connectivity index (χ2v) is 8.71. The lowest BCUT2D eigenvalue weighted by Crippen LogP contribution is -2.16. The van der Waals surface area contributed by atoms with Crippen LogP contribution in [0.15, 0.2) is 64.5 Å². The summed E-state index contributed by atoms with van der Waals surface area (Å²) >= 11 is 0. The van der Waals surface area contributed by atoms with Crippen molar-refractivity contribution in [3.63, 3.8) is 0 Å². The van der Waals surface area contributed by atoms with E-state index in [0.29, 0.717) is 33.6 Å². The molecule has 4 rings (SSSR count). The highest BCUT2D eigenvalue weighted by molar-refractivity contribution is 6.02. The summed E-state index contributed by atoms with van der Waals surface area (Å²) in [7, 11) is 1.62. The molecule has 4 aromatic rings. The van der Waals surface area contributed by atoms with Crippen molar-refractivity contribution in [3.05, 3.63) is 82.5 Å². The number of anilines is 4. The Morgan fingerprint density at radius 3 is 2.43 bits per heavy atom. The third kappa shape index (κ3) is 5.16. The van der Waals surface area contributed by atoms with E-state index in [1.807, 2.05) is 0 Å². The number of pyridine rings is 1. The third-order valence-electron chi connectivity index (χ3n) is 5.95. The summed E-state index contributed by atoms with van der Waals surface area (Å²) < 4.78 is 21.3. The zero-order chi connectivity index (χ0) is 26.9. The van der Waals surface area contributed by atoms with Gasteiger partial charge in [0.2, 0.25) is 17.7 Å². The average molecular weight is 503 g/mol. The maximum absolute atomic E-state index is 13.9. The molecule has 2 amide bonds. The topological polar surface area (TPSA) is 105 Å². The fraction of sp³-hybridized carbons (Fsp3) is 0.179. The molecule has 0 saturated heterocycles. The van der Waals surface area contributed by atoms with Crippen molar-refractivity contribution in [3.8, 4) is 11.1 Å². The van der Waals surface area contributed by atoms with Crippen LogP contribution in [-0.4, -0.2) is 16.4 Å². The second-order valence-electron chi connectivity index (χ2n) is 8.71. The molecule has 9 heteroatoms. The van der Waals surface area contributed by atoms with Gasteiger partial charge >= 0.3 is 0 Å². The Morgan fingerprint density at radius 1 is 1.08 bits per heavy atom. The van der Waals surface area contributed by atoms with Crippen LogP contribution in [-0.2, 0) is 16.6 Å². The number of aryl methyl sites for hydroxylation is 3. The van der Waals surface area contributed by atoms with Crippen LogP contribution in [0.1, 0.15) is 24.5 Å². The zero-order valence-corrected chi connectivity index (χ0v) is 21.0. The SMILES string of the molecule is C=CC(=O)Nc1ccc(Nc2c(C)cc(F)cc2C)c(-c2cn(C)c(=O)c3cc(NC(=O)CC)oc23)c1. The van der Waals surface area contributed by atoms with Crippen molar-refractivity contribution in [2.45, 2.75) is 27.2 Å². The molecule has 0 atom stereocenters. The molecule has 190 valence electrons. The number of furan rings is 1. The zero-order valence-electron chi connectivity index (χ0n) is 21.0. The predicted octanol–water partition coefficient (Wildman–Crippen LogP) is 5.77. The van der Waals surface area contributed by atoms with E-state index in [0.717, 1.165) is 11.8 Å². The number of hydrogen-bond donors (Lipinski definition) is 3. The van der Waals surface area contributed by atoms with Crippen LogP contribution in [0.3, 0.4) is 0 Å². The van der Waals surface area contributed by atoms with Gasteiger partial charge in [-0.1, -0.05) is 13.5 Å². The lowest BCUT2D eigenvalue weighted by atomic mass is 10.0. The molecule has 37 heavy (non-hydrogen) atoms. The summed E-state index contributed by atoms with van der Waals surface area (Å²) in [4.78, 5) is 36.8. The molecular weight excluding hydrogens is 475 g/mol. The molecule has 0 fully saturated rings. The molecule has 8 nitrogen and oxygen atoms in total. The van der Waals surface area contributed by atoms with Crippen LogP contribution in [0.4, 0.5) is 27.3 Å². The lowest BCUT2D eigenvalue weighted by Gasteiger charge is -2.18. The smallest absolute Gasteiger partial charge is 0.261 e. The van der Waals surface area contributed by atoms with E-state index in [-0.39, 0.29) is 46.5 Å². The number of nitrogens with one attached hydrogen (secondary N) is 3. The fourth-order valence-electron chi connectivity index (χ4n) is 4.12. The molecule has 2 aromatic heterocycles. The van der Waals surface area contributed by atoms with Crippen molar-refractivity contribution >= 4 is 45.7 Å². The molecule has 0 saturated carbocycles. The number of halogens is 1. The second kappa shape index (κ2) is 10.1. The van der Waals surface area contributed by atoms with Crippen LogP contribution < -0.4 is 21.5 Å². The lowest BCUT2D eigenvalue weighted by molar-refractivity contribution is -0.116. The first kappa shape index (κ1) is 25.4. The van der Waals surface area contributed by atoms with Gasteiger partial charge in [-0.05, 0) is 61.4 Å². The van der Waals surface area contributed by atoms with E-state index in [1.54, 1.807) is 52.2 Å². The van der Waals surface area contributed by atoms with E-state index in [4.69, 9.17) is 4.42 Å². The molecule has 2 aromatic carbocycles. The molecule has 0 unspecified atom stereocenters. The number of rotatable bonds is 7. The molecule has 3 N–H and O–H groups in total. The summed E-state index contributed by atoms with van der Waals surface area (Å²) in [5, 5.41) is 9.06. The van der Waals surface area contributed by atoms with Gasteiger partial charge in [-0.15, -0.1) is 0 Å². The van der Waals surface area contributed by atoms with Gasteiger partial charge in [-0.2, -0.15) is 0 Å². The van der Waals surface area contributed by atoms with Crippen LogP contribution in [0.25, 0.3) is 22.1 Å². The normalized spacial score (nSPS) is 10.8. The summed E-state index contributed by atoms with van der Waals surface area (Å²) in [6.45, 7) is 8.81. The first-order chi connectivity index (χ1) is 17.6. The Morgan fingerprint density at radius 2 is 1.78 bits per heavy atom. The first-order valence-corrected chi connectivity index (χ1v) is 11.7. The molecule has 0 bridgehead atoms. The summed E-state index contributed by atoms with van der Waals surface area (Å²) in [5.74, 6) is -0.816. The number of hydrogen-bond acceptors (Lipinski definition) is 5. The number of amides is 2. The molecular formula is C28H27FN4O4. The number of benzene rings is 2. The molecule has 0 spiro atoms. The van der Waals surface area contributed by atoms with E-state index in [9.17, 15) is 18.8 Å². The number of carbonyl (C=O) groups is 2. The highest BCUT2D eigenvalue weighted by Crippen LogP contribution is 2.39. The maximum atomic E-state index is 13.9. The molecule has 0 aliphatic heterocycles. The van der Waals surface area contributed by atoms with Crippen molar-refractivity contribution < 1.29 is 18.4 Å². The van der Waals surface area contributed by atoms with Crippen LogP contribution >= 0.6 is 0 Å². The maximum Gasteiger partial charge on any atom is 0.261 e. The van der Waals surface area contributed by atoms with Gasteiger partial charge in [-0.3, -0.25) is 19.7 Å². The van der Waals surface area contributed by atoms with E-state index < -0.39 is 0 Å². The van der Waals surface area contributed by atoms with Gasteiger partial charge < -0.3 is 19.6 Å². The van der Waals surface area contributed by atoms with E-state index >= 15 is 0 Å². The first-order valence-electron chi connectivity index (χ1n) is 11.7. The fourth-order valence-corrected chi connectivity index (χ4v) is 4.12. The van der Waals surface area contributed by atoms with Crippen molar-refractivity contribution in [2.75, 3.05) is 16.0 Å². The van der Waals surface area contributed by atoms with Crippen LogP contribution in [0.2, 0.25) is 0 Å². The van der Waals surface area contributed by atoms with Crippen LogP contribution in [0.5, 0.6) is 0 Å². The summed E-state index contributed by atoms with van der Waals surface area (Å²) in [6, 6.07) is 9.61. The van der Waals surface area contributed by atoms with Crippen molar-refractivity contribution in [2.24, 2.45) is 7.05 Å². The van der Waals surface area contributed by atoms with Gasteiger partial charge in [0.25, 0.3) is 5.56 Å². The quantitative estimate of drug-likeness (QED) is 0.278. The monoisotopic (exact) mass is 502 g/mol. The Hall–Kier alpha value is -4.66. The number of nitrogens with zero attached hydrogens (tertiary/aromatic N) is 1. The van der Waals surface area contributed by atoms with Gasteiger partial charge in [0.15, 0.2) is 5.58 Å².